The van der Waals surface area contributed by atoms with Gasteiger partial charge in [0.1, 0.15) is 5.69 Å². The van der Waals surface area contributed by atoms with Crippen molar-refractivity contribution in [3.05, 3.63) is 29.2 Å². The van der Waals surface area contributed by atoms with E-state index in [9.17, 15) is 4.79 Å². The number of nitrogens with zero attached hydrogens (tertiary/aromatic N) is 4. The van der Waals surface area contributed by atoms with Crippen LogP contribution in [0.3, 0.4) is 0 Å². The van der Waals surface area contributed by atoms with Crippen molar-refractivity contribution >= 4 is 11.9 Å². The molecule has 0 radical (unpaired) electrons. The van der Waals surface area contributed by atoms with Crippen LogP contribution in [-0.4, -0.2) is 57.7 Å². The number of guanidine groups is 1. The lowest BCUT2D eigenvalue weighted by Crippen LogP contribution is -2.54. The highest BCUT2D eigenvalue weighted by Crippen LogP contribution is 2.44. The molecule has 1 aromatic heterocycles. The van der Waals surface area contributed by atoms with E-state index in [0.717, 1.165) is 11.3 Å². The van der Waals surface area contributed by atoms with Crippen LogP contribution in [0.15, 0.2) is 17.3 Å². The van der Waals surface area contributed by atoms with E-state index in [0.29, 0.717) is 18.8 Å². The van der Waals surface area contributed by atoms with Crippen LogP contribution < -0.4 is 16.8 Å². The van der Waals surface area contributed by atoms with Gasteiger partial charge in [-0.05, 0) is 27.0 Å². The molecule has 6 N–H and O–H groups in total. The van der Waals surface area contributed by atoms with Gasteiger partial charge in [0.2, 0.25) is 0 Å². The zero-order valence-electron chi connectivity index (χ0n) is 16.4. The van der Waals surface area contributed by atoms with Gasteiger partial charge in [-0.3, -0.25) is 15.6 Å². The highest BCUT2D eigenvalue weighted by Gasteiger charge is 2.52. The molecule has 4 rings (SSSR count). The molecule has 3 aliphatic rings. The van der Waals surface area contributed by atoms with Gasteiger partial charge in [0.15, 0.2) is 17.3 Å². The third-order valence-electron chi connectivity index (χ3n) is 6.13. The first-order valence-corrected chi connectivity index (χ1v) is 9.43. The van der Waals surface area contributed by atoms with Crippen LogP contribution in [0.5, 0.6) is 0 Å². The number of hydrogen-bond donors (Lipinski definition) is 4. The molecule has 9 nitrogen and oxygen atoms in total. The molecule has 1 unspecified atom stereocenters. The van der Waals surface area contributed by atoms with Gasteiger partial charge in [-0.1, -0.05) is 0 Å². The second-order valence-electron chi connectivity index (χ2n) is 8.44. The number of H-pyrrole nitrogens is 1. The summed E-state index contributed by atoms with van der Waals surface area (Å²) in [5.41, 5.74) is 10.4. The highest BCUT2D eigenvalue weighted by molar-refractivity contribution is 5.87. The smallest absolute Gasteiger partial charge is 0.261 e. The number of carbonyl (C=O) groups excluding carboxylic acids is 1. The van der Waals surface area contributed by atoms with Gasteiger partial charge in [-0.2, -0.15) is 5.10 Å². The van der Waals surface area contributed by atoms with Gasteiger partial charge in [-0.15, -0.1) is 0 Å². The Kier molecular flexibility index (Phi) is 4.06. The second-order valence-corrected chi connectivity index (χ2v) is 8.44. The Bertz CT molecular complexity index is 867. The summed E-state index contributed by atoms with van der Waals surface area (Å²) in [5, 5.41) is 10.1. The molecule has 1 saturated heterocycles. The van der Waals surface area contributed by atoms with Crippen molar-refractivity contribution in [3.8, 4) is 0 Å². The van der Waals surface area contributed by atoms with E-state index in [1.54, 1.807) is 17.2 Å². The highest BCUT2D eigenvalue weighted by atomic mass is 19.1. The van der Waals surface area contributed by atoms with Crippen molar-refractivity contribution in [3.63, 3.8) is 0 Å². The maximum atomic E-state index is 15.5. The summed E-state index contributed by atoms with van der Waals surface area (Å²) in [6, 6.07) is 0. The minimum Gasteiger partial charge on any atom is -0.370 e. The van der Waals surface area contributed by atoms with Crippen molar-refractivity contribution in [2.24, 2.45) is 16.5 Å². The molecule has 1 amide bonds. The largest absolute Gasteiger partial charge is 0.370 e. The molecule has 10 heteroatoms. The van der Waals surface area contributed by atoms with Crippen LogP contribution >= 0.6 is 0 Å². The number of halogens is 1. The summed E-state index contributed by atoms with van der Waals surface area (Å²) in [4.78, 5) is 21.1. The van der Waals surface area contributed by atoms with Crippen molar-refractivity contribution in [1.29, 1.82) is 0 Å². The number of nitrogens with one attached hydrogen (secondary N) is 2. The lowest BCUT2D eigenvalue weighted by Gasteiger charge is -2.40. The second kappa shape index (κ2) is 6.02. The van der Waals surface area contributed by atoms with Gasteiger partial charge in [0, 0.05) is 37.7 Å². The molecule has 0 aromatic carbocycles. The normalized spacial score (nSPS) is 28.6. The summed E-state index contributed by atoms with van der Waals surface area (Å²) >= 11 is 0. The Morgan fingerprint density at radius 3 is 2.64 bits per heavy atom. The van der Waals surface area contributed by atoms with E-state index in [1.807, 2.05) is 25.8 Å². The van der Waals surface area contributed by atoms with Crippen LogP contribution in [0.25, 0.3) is 0 Å². The molecule has 1 atom stereocenters. The van der Waals surface area contributed by atoms with E-state index in [4.69, 9.17) is 11.5 Å². The van der Waals surface area contributed by atoms with Crippen LogP contribution in [0, 0.1) is 0 Å². The fourth-order valence-electron chi connectivity index (χ4n) is 4.26. The molecule has 1 fully saturated rings. The third kappa shape index (κ3) is 2.70. The summed E-state index contributed by atoms with van der Waals surface area (Å²) in [5.74, 6) is -0.294. The number of carbonyl (C=O) groups is 1. The summed E-state index contributed by atoms with van der Waals surface area (Å²) in [7, 11) is 1.94. The van der Waals surface area contributed by atoms with E-state index in [2.05, 4.69) is 20.5 Å². The van der Waals surface area contributed by atoms with Gasteiger partial charge in [0.25, 0.3) is 5.91 Å². The van der Waals surface area contributed by atoms with Crippen LogP contribution in [0.2, 0.25) is 0 Å². The molecule has 0 bridgehead atoms. The van der Waals surface area contributed by atoms with E-state index >= 15 is 4.39 Å². The van der Waals surface area contributed by atoms with E-state index in [1.165, 1.54) is 0 Å². The van der Waals surface area contributed by atoms with Gasteiger partial charge in [-0.25, -0.2) is 9.38 Å². The molecule has 1 aromatic rings. The SMILES string of the molecule is CN1CCC(F)(C(=O)N2Cc3c(C4(N)C=CNC(N)=N4)n[nH]c3C2(C)C)CC1. The lowest BCUT2D eigenvalue weighted by molar-refractivity contribution is -0.153. The predicted molar refractivity (Wildman–Crippen MR) is 102 cm³/mol. The maximum absolute atomic E-state index is 15.5. The number of rotatable bonds is 2. The number of hydrogen-bond acceptors (Lipinski definition) is 7. The van der Waals surface area contributed by atoms with Crippen molar-refractivity contribution in [1.82, 2.24) is 25.3 Å². The fraction of sp³-hybridized carbons (Fsp3) is 0.611. The Morgan fingerprint density at radius 2 is 2.00 bits per heavy atom. The monoisotopic (exact) mass is 390 g/mol. The van der Waals surface area contributed by atoms with Gasteiger partial charge < -0.3 is 20.9 Å². The van der Waals surface area contributed by atoms with Gasteiger partial charge >= 0.3 is 0 Å². The topological polar surface area (TPSA) is 129 Å². The Morgan fingerprint density at radius 1 is 1.32 bits per heavy atom. The lowest BCUT2D eigenvalue weighted by atomic mass is 9.90. The number of aromatic nitrogens is 2. The predicted octanol–water partition coefficient (Wildman–Crippen LogP) is -0.0360. The Hall–Kier alpha value is -2.46. The van der Waals surface area contributed by atoms with Crippen molar-refractivity contribution in [2.45, 2.75) is 50.1 Å². The van der Waals surface area contributed by atoms with E-state index < -0.39 is 22.8 Å². The number of alkyl halides is 1. The number of amides is 1. The molecule has 0 aliphatic carbocycles. The molecule has 4 heterocycles. The van der Waals surface area contributed by atoms with Crippen molar-refractivity contribution in [2.75, 3.05) is 20.1 Å². The zero-order chi connectivity index (χ0) is 20.3. The molecular formula is C18H27FN8O. The van der Waals surface area contributed by atoms with Crippen LogP contribution in [-0.2, 0) is 22.5 Å². The zero-order valence-corrected chi connectivity index (χ0v) is 16.4. The molecule has 0 saturated carbocycles. The molecular weight excluding hydrogens is 363 g/mol. The Balaban J connectivity index is 1.67. The molecule has 0 spiro atoms. The quantitative estimate of drug-likeness (QED) is 0.561. The first-order chi connectivity index (χ1) is 13.1. The standard InChI is InChI=1S/C18H27FN8O/c1-16(2)12-11(13(25-24-12)18(21)4-7-22-15(20)23-18)10-27(16)14(28)17(19)5-8-26(3)9-6-17/h4,7H,5-6,8-10,21H2,1-3H3,(H,24,25)(H3,20,22,23). The number of aliphatic imine (C=N–C) groups is 1. The first kappa shape index (κ1) is 18.9. The summed E-state index contributed by atoms with van der Waals surface area (Å²) in [6.07, 6.45) is 3.67. The number of likely N-dealkylation sites (tertiary alicyclic amines) is 1. The van der Waals surface area contributed by atoms with Crippen LogP contribution in [0.4, 0.5) is 4.39 Å². The van der Waals surface area contributed by atoms with Crippen LogP contribution in [0.1, 0.15) is 43.6 Å². The third-order valence-corrected chi connectivity index (χ3v) is 6.13. The number of fused-ring (bicyclic) bond motifs is 1. The maximum Gasteiger partial charge on any atom is 0.261 e. The average molecular weight is 390 g/mol. The molecule has 152 valence electrons. The first-order valence-electron chi connectivity index (χ1n) is 9.43. The number of nitrogens with two attached hydrogens (primary N) is 2. The number of piperidine rings is 1. The minimum absolute atomic E-state index is 0.181. The van der Waals surface area contributed by atoms with Crippen molar-refractivity contribution < 1.29 is 9.18 Å². The summed E-state index contributed by atoms with van der Waals surface area (Å²) in [6.45, 7) is 5.12. The average Bonchev–Trinajstić information content (AvgIpc) is 3.16. The molecule has 3 aliphatic heterocycles. The fourth-order valence-corrected chi connectivity index (χ4v) is 4.26. The minimum atomic E-state index is -1.85. The Labute approximate surface area is 163 Å². The molecule has 28 heavy (non-hydrogen) atoms. The summed E-state index contributed by atoms with van der Waals surface area (Å²) < 4.78 is 15.5. The van der Waals surface area contributed by atoms with Gasteiger partial charge in [0.05, 0.1) is 17.8 Å². The number of aromatic amines is 1. The van der Waals surface area contributed by atoms with E-state index in [-0.39, 0.29) is 25.3 Å².